The molecule has 0 fully saturated rings. The van der Waals surface area contributed by atoms with Crippen LogP contribution in [0.5, 0.6) is 0 Å². The minimum atomic E-state index is 0. The number of hydrogen-bond acceptors (Lipinski definition) is 4. The summed E-state index contributed by atoms with van der Waals surface area (Å²) < 4.78 is 7.50. The van der Waals surface area contributed by atoms with E-state index >= 15 is 0 Å². The van der Waals surface area contributed by atoms with Crippen molar-refractivity contribution < 1.29 is 4.42 Å². The normalized spacial score (nSPS) is 10.0. The number of benzene rings is 1. The molecule has 0 amide bonds. The Bertz CT molecular complexity index is 898. The van der Waals surface area contributed by atoms with E-state index in [9.17, 15) is 0 Å². The maximum atomic E-state index is 5.73. The van der Waals surface area contributed by atoms with E-state index in [1.807, 2.05) is 68.1 Å². The van der Waals surface area contributed by atoms with Crippen LogP contribution in [0.2, 0.25) is 0 Å². The van der Waals surface area contributed by atoms with E-state index in [1.54, 1.807) is 4.68 Å². The molecule has 0 atom stereocenters. The summed E-state index contributed by atoms with van der Waals surface area (Å²) in [6.45, 7) is 0. The lowest BCUT2D eigenvalue weighted by Gasteiger charge is -2.02. The van der Waals surface area contributed by atoms with Gasteiger partial charge in [-0.2, -0.15) is 5.10 Å². The molecule has 4 aromatic rings. The van der Waals surface area contributed by atoms with Crippen LogP contribution >= 0.6 is 24.8 Å². The molecular formula is C17H16Cl2N4O. The molecule has 3 aromatic heterocycles. The minimum absolute atomic E-state index is 0. The number of para-hydroxylation sites is 1. The van der Waals surface area contributed by atoms with E-state index in [1.165, 1.54) is 0 Å². The van der Waals surface area contributed by atoms with Crippen molar-refractivity contribution in [3.05, 3.63) is 61.1 Å². The van der Waals surface area contributed by atoms with E-state index in [0.717, 1.165) is 27.9 Å². The van der Waals surface area contributed by atoms with Gasteiger partial charge >= 0.3 is 0 Å². The van der Waals surface area contributed by atoms with E-state index in [4.69, 9.17) is 4.42 Å². The maximum Gasteiger partial charge on any atom is 0.199 e. The molecule has 0 saturated heterocycles. The first-order valence-electron chi connectivity index (χ1n) is 6.99. The molecule has 3 heterocycles. The molecule has 0 radical (unpaired) electrons. The highest BCUT2D eigenvalue weighted by molar-refractivity contribution is 5.85. The second kappa shape index (κ2) is 7.38. The lowest BCUT2D eigenvalue weighted by molar-refractivity contribution is 0.634. The fourth-order valence-electron chi connectivity index (χ4n) is 2.38. The second-order valence-electron chi connectivity index (χ2n) is 5.11. The van der Waals surface area contributed by atoms with Crippen molar-refractivity contribution >= 4 is 47.5 Å². The first-order valence-corrected chi connectivity index (χ1v) is 6.99. The van der Waals surface area contributed by atoms with Crippen molar-refractivity contribution in [1.82, 2.24) is 14.8 Å². The molecule has 0 aliphatic carbocycles. The fourth-order valence-corrected chi connectivity index (χ4v) is 2.38. The third-order valence-corrected chi connectivity index (χ3v) is 3.48. The highest BCUT2D eigenvalue weighted by Gasteiger charge is 2.05. The van der Waals surface area contributed by atoms with Gasteiger partial charge in [0.1, 0.15) is 11.4 Å². The Balaban J connectivity index is 0.00000104. The Kier molecular flexibility index (Phi) is 5.49. The molecule has 0 unspecified atom stereocenters. The van der Waals surface area contributed by atoms with Crippen LogP contribution in [0.25, 0.3) is 22.1 Å². The van der Waals surface area contributed by atoms with Crippen LogP contribution in [0.4, 0.5) is 11.7 Å². The minimum Gasteiger partial charge on any atom is -0.440 e. The van der Waals surface area contributed by atoms with Crippen LogP contribution in [0.3, 0.4) is 0 Å². The number of halogens is 2. The predicted octanol–water partition coefficient (Wildman–Crippen LogP) is 4.82. The monoisotopic (exact) mass is 362 g/mol. The van der Waals surface area contributed by atoms with Crippen LogP contribution in [0.1, 0.15) is 0 Å². The quantitative estimate of drug-likeness (QED) is 0.567. The number of nitrogens with zero attached hydrogens (tertiary/aromatic N) is 3. The molecule has 1 aromatic carbocycles. The summed E-state index contributed by atoms with van der Waals surface area (Å²) in [5.41, 5.74) is 2.94. The molecule has 24 heavy (non-hydrogen) atoms. The smallest absolute Gasteiger partial charge is 0.199 e. The maximum absolute atomic E-state index is 5.73. The van der Waals surface area contributed by atoms with Gasteiger partial charge in [-0.05, 0) is 18.2 Å². The number of aryl methyl sites for hydroxylation is 1. The molecule has 0 spiro atoms. The van der Waals surface area contributed by atoms with Crippen molar-refractivity contribution in [2.24, 2.45) is 7.05 Å². The van der Waals surface area contributed by atoms with Crippen LogP contribution < -0.4 is 5.32 Å². The van der Waals surface area contributed by atoms with E-state index in [2.05, 4.69) is 15.4 Å². The molecule has 0 bridgehead atoms. The molecule has 0 saturated carbocycles. The number of anilines is 2. The van der Waals surface area contributed by atoms with Gasteiger partial charge in [-0.15, -0.1) is 24.8 Å². The first-order chi connectivity index (χ1) is 10.8. The molecule has 4 rings (SSSR count). The standard InChI is InChI=1S/C17H14N4O.2ClH/c1-21-11-14(10-19-21)13-6-7-16(18-9-13)20-17-8-12-4-2-3-5-15(12)22-17;;/h2-11H,1H3,(H,18,20);2*1H. The SMILES string of the molecule is Cl.Cl.Cn1cc(-c2ccc(Nc3cc4ccccc4o3)nc2)cn1. The number of rotatable bonds is 3. The zero-order chi connectivity index (χ0) is 14.9. The Hall–Kier alpha value is -2.50. The largest absolute Gasteiger partial charge is 0.440 e. The number of fused-ring (bicyclic) bond motifs is 1. The summed E-state index contributed by atoms with van der Waals surface area (Å²) in [5.74, 6) is 1.43. The van der Waals surface area contributed by atoms with E-state index in [0.29, 0.717) is 5.88 Å². The lowest BCUT2D eigenvalue weighted by atomic mass is 10.2. The van der Waals surface area contributed by atoms with Gasteiger partial charge in [0.15, 0.2) is 5.88 Å². The van der Waals surface area contributed by atoms with Gasteiger partial charge in [0.2, 0.25) is 0 Å². The Morgan fingerprint density at radius 2 is 1.83 bits per heavy atom. The van der Waals surface area contributed by atoms with Gasteiger partial charge in [0, 0.05) is 42.0 Å². The number of pyridine rings is 1. The average molecular weight is 363 g/mol. The van der Waals surface area contributed by atoms with Crippen molar-refractivity contribution in [1.29, 1.82) is 0 Å². The summed E-state index contributed by atoms with van der Waals surface area (Å²) in [4.78, 5) is 4.42. The molecule has 0 aliphatic heterocycles. The summed E-state index contributed by atoms with van der Waals surface area (Å²) in [6.07, 6.45) is 5.61. The molecule has 5 nitrogen and oxygen atoms in total. The molecule has 7 heteroatoms. The third kappa shape index (κ3) is 3.53. The van der Waals surface area contributed by atoms with Crippen molar-refractivity contribution in [3.8, 4) is 11.1 Å². The number of hydrogen-bond donors (Lipinski definition) is 1. The third-order valence-electron chi connectivity index (χ3n) is 3.48. The van der Waals surface area contributed by atoms with E-state index < -0.39 is 0 Å². The number of furan rings is 1. The number of nitrogens with one attached hydrogen (secondary N) is 1. The second-order valence-corrected chi connectivity index (χ2v) is 5.11. The van der Waals surface area contributed by atoms with Gasteiger partial charge < -0.3 is 9.73 Å². The Morgan fingerprint density at radius 3 is 2.50 bits per heavy atom. The van der Waals surface area contributed by atoms with Gasteiger partial charge in [-0.25, -0.2) is 4.98 Å². The van der Waals surface area contributed by atoms with Gasteiger partial charge in [-0.3, -0.25) is 4.68 Å². The topological polar surface area (TPSA) is 55.9 Å². The molecular weight excluding hydrogens is 347 g/mol. The van der Waals surface area contributed by atoms with Crippen LogP contribution in [-0.4, -0.2) is 14.8 Å². The summed E-state index contributed by atoms with van der Waals surface area (Å²) in [6, 6.07) is 13.8. The highest BCUT2D eigenvalue weighted by atomic mass is 35.5. The summed E-state index contributed by atoms with van der Waals surface area (Å²) >= 11 is 0. The van der Waals surface area contributed by atoms with E-state index in [-0.39, 0.29) is 24.8 Å². The number of aromatic nitrogens is 3. The van der Waals surface area contributed by atoms with Gasteiger partial charge in [0.05, 0.1) is 6.20 Å². The molecule has 1 N–H and O–H groups in total. The lowest BCUT2D eigenvalue weighted by Crippen LogP contribution is -1.91. The van der Waals surface area contributed by atoms with Crippen molar-refractivity contribution in [2.45, 2.75) is 0 Å². The Labute approximate surface area is 151 Å². The molecule has 0 aliphatic rings. The summed E-state index contributed by atoms with van der Waals surface area (Å²) in [7, 11) is 1.90. The molecule has 124 valence electrons. The van der Waals surface area contributed by atoms with Gasteiger partial charge in [-0.1, -0.05) is 18.2 Å². The highest BCUT2D eigenvalue weighted by Crippen LogP contribution is 2.25. The zero-order valence-corrected chi connectivity index (χ0v) is 14.5. The van der Waals surface area contributed by atoms with Crippen LogP contribution in [0, 0.1) is 0 Å². The summed E-state index contributed by atoms with van der Waals surface area (Å²) in [5, 5.41) is 8.41. The fraction of sp³-hybridized carbons (Fsp3) is 0.0588. The van der Waals surface area contributed by atoms with Crippen LogP contribution in [0.15, 0.2) is 65.5 Å². The predicted molar refractivity (Wildman–Crippen MR) is 100 cm³/mol. The van der Waals surface area contributed by atoms with Crippen LogP contribution in [-0.2, 0) is 7.05 Å². The average Bonchev–Trinajstić information content (AvgIpc) is 3.13. The first kappa shape index (κ1) is 17.8. The van der Waals surface area contributed by atoms with Crippen molar-refractivity contribution in [3.63, 3.8) is 0 Å². The Morgan fingerprint density at radius 1 is 1.00 bits per heavy atom. The van der Waals surface area contributed by atoms with Gasteiger partial charge in [0.25, 0.3) is 0 Å². The zero-order valence-electron chi connectivity index (χ0n) is 12.8. The van der Waals surface area contributed by atoms with Crippen molar-refractivity contribution in [2.75, 3.05) is 5.32 Å².